The van der Waals surface area contributed by atoms with Crippen LogP contribution < -0.4 is 4.90 Å². The molecule has 1 atom stereocenters. The highest BCUT2D eigenvalue weighted by molar-refractivity contribution is 6.34. The fourth-order valence-electron chi connectivity index (χ4n) is 3.39. The van der Waals surface area contributed by atoms with E-state index in [0.717, 1.165) is 12.8 Å². The first-order valence-electron chi connectivity index (χ1n) is 7.08. The Morgan fingerprint density at radius 2 is 2.00 bits per heavy atom. The molecule has 0 aliphatic carbocycles. The number of likely N-dealkylation sites (tertiary alicyclic amines) is 1. The lowest BCUT2D eigenvalue weighted by Gasteiger charge is -2.37. The van der Waals surface area contributed by atoms with E-state index in [2.05, 4.69) is 0 Å². The molecule has 2 fully saturated rings. The van der Waals surface area contributed by atoms with Crippen LogP contribution in [-0.2, 0) is 4.79 Å². The van der Waals surface area contributed by atoms with E-state index in [-0.39, 0.29) is 5.91 Å². The predicted octanol–water partition coefficient (Wildman–Crippen LogP) is 2.84. The lowest BCUT2D eigenvalue weighted by Crippen LogP contribution is -2.49. The smallest absolute Gasteiger partial charge is 0.407 e. The fraction of sp³-hybridized carbons (Fsp3) is 0.467. The summed E-state index contributed by atoms with van der Waals surface area (Å²) in [5.41, 5.74) is 0.143. The maximum Gasteiger partial charge on any atom is 0.407 e. The highest BCUT2D eigenvalue weighted by Crippen LogP contribution is 2.43. The van der Waals surface area contributed by atoms with Crippen molar-refractivity contribution in [2.45, 2.75) is 19.3 Å². The summed E-state index contributed by atoms with van der Waals surface area (Å²) in [7, 11) is 0. The third-order valence-corrected chi connectivity index (χ3v) is 4.82. The van der Waals surface area contributed by atoms with E-state index in [1.807, 2.05) is 18.2 Å². The van der Waals surface area contributed by atoms with Crippen LogP contribution >= 0.6 is 11.6 Å². The summed E-state index contributed by atoms with van der Waals surface area (Å²) in [6.07, 6.45) is 1.21. The number of halogens is 1. The number of hydrogen-bond donors (Lipinski definition) is 1. The molecule has 2 aliphatic rings. The third kappa shape index (κ3) is 2.35. The number of carboxylic acid groups (broad SMARTS) is 1. The van der Waals surface area contributed by atoms with Gasteiger partial charge < -0.3 is 14.9 Å². The number of rotatable bonds is 1. The number of anilines is 1. The molecule has 2 saturated heterocycles. The molecule has 0 aromatic heterocycles. The molecule has 1 aromatic carbocycles. The van der Waals surface area contributed by atoms with Gasteiger partial charge in [-0.15, -0.1) is 0 Å². The summed E-state index contributed by atoms with van der Waals surface area (Å²) >= 11 is 6.18. The van der Waals surface area contributed by atoms with Crippen molar-refractivity contribution in [1.29, 1.82) is 0 Å². The minimum absolute atomic E-state index is 0.00144. The number of carbonyl (C=O) groups is 2. The molecular formula is C15H17ClN2O3. The van der Waals surface area contributed by atoms with Gasteiger partial charge in [-0.25, -0.2) is 4.79 Å². The second-order valence-corrected chi connectivity index (χ2v) is 6.15. The zero-order valence-corrected chi connectivity index (χ0v) is 12.3. The molecular weight excluding hydrogens is 292 g/mol. The number of benzene rings is 1. The Hall–Kier alpha value is -1.75. The first-order chi connectivity index (χ1) is 10.0. The van der Waals surface area contributed by atoms with Gasteiger partial charge in [0.2, 0.25) is 5.91 Å². The van der Waals surface area contributed by atoms with E-state index in [1.54, 1.807) is 11.0 Å². The molecule has 3 rings (SSSR count). The van der Waals surface area contributed by atoms with Gasteiger partial charge in [-0.1, -0.05) is 23.7 Å². The van der Waals surface area contributed by atoms with E-state index in [0.29, 0.717) is 36.8 Å². The van der Waals surface area contributed by atoms with Crippen LogP contribution in [0.5, 0.6) is 0 Å². The molecule has 0 saturated carbocycles. The molecule has 2 heterocycles. The van der Waals surface area contributed by atoms with Crippen molar-refractivity contribution < 1.29 is 14.7 Å². The van der Waals surface area contributed by atoms with Crippen LogP contribution in [-0.4, -0.2) is 41.6 Å². The van der Waals surface area contributed by atoms with Crippen molar-refractivity contribution in [1.82, 2.24) is 4.90 Å². The second kappa shape index (κ2) is 5.22. The van der Waals surface area contributed by atoms with Crippen molar-refractivity contribution >= 4 is 29.3 Å². The first kappa shape index (κ1) is 14.2. The lowest BCUT2D eigenvalue weighted by atomic mass is 9.78. The summed E-state index contributed by atoms with van der Waals surface area (Å²) in [4.78, 5) is 27.1. The molecule has 2 amide bonds. The Morgan fingerprint density at radius 1 is 1.24 bits per heavy atom. The van der Waals surface area contributed by atoms with Crippen molar-refractivity contribution in [2.75, 3.05) is 24.5 Å². The summed E-state index contributed by atoms with van der Waals surface area (Å²) < 4.78 is 0. The summed E-state index contributed by atoms with van der Waals surface area (Å²) in [6, 6.07) is 7.27. The second-order valence-electron chi connectivity index (χ2n) is 5.75. The maximum atomic E-state index is 12.9. The molecule has 5 nitrogen and oxygen atoms in total. The maximum absolute atomic E-state index is 12.9. The Balaban J connectivity index is 1.86. The van der Waals surface area contributed by atoms with E-state index in [4.69, 9.17) is 11.6 Å². The predicted molar refractivity (Wildman–Crippen MR) is 79.7 cm³/mol. The fourth-order valence-corrected chi connectivity index (χ4v) is 3.63. The normalized spacial score (nSPS) is 25.7. The van der Waals surface area contributed by atoms with E-state index in [9.17, 15) is 14.7 Å². The van der Waals surface area contributed by atoms with Gasteiger partial charge in [0.1, 0.15) is 0 Å². The van der Waals surface area contributed by atoms with Crippen LogP contribution in [0.4, 0.5) is 10.5 Å². The van der Waals surface area contributed by atoms with E-state index in [1.165, 1.54) is 4.90 Å². The number of hydrogen-bond acceptors (Lipinski definition) is 2. The molecule has 6 heteroatoms. The van der Waals surface area contributed by atoms with Crippen LogP contribution in [0.3, 0.4) is 0 Å². The van der Waals surface area contributed by atoms with Crippen molar-refractivity contribution in [3.05, 3.63) is 29.3 Å². The zero-order chi connectivity index (χ0) is 15.0. The average Bonchev–Trinajstić information content (AvgIpc) is 2.77. The summed E-state index contributed by atoms with van der Waals surface area (Å²) in [6.45, 7) is 1.40. The quantitative estimate of drug-likeness (QED) is 0.868. The monoisotopic (exact) mass is 308 g/mol. The van der Waals surface area contributed by atoms with E-state index < -0.39 is 11.5 Å². The van der Waals surface area contributed by atoms with Crippen molar-refractivity contribution in [2.24, 2.45) is 5.41 Å². The first-order valence-corrected chi connectivity index (χ1v) is 7.46. The average molecular weight is 309 g/mol. The number of nitrogens with zero attached hydrogens (tertiary/aromatic N) is 2. The van der Waals surface area contributed by atoms with Gasteiger partial charge >= 0.3 is 6.09 Å². The Morgan fingerprint density at radius 3 is 2.71 bits per heavy atom. The molecule has 0 unspecified atom stereocenters. The van der Waals surface area contributed by atoms with Gasteiger partial charge in [0.05, 0.1) is 16.1 Å². The Bertz CT molecular complexity index is 592. The number of para-hydroxylation sites is 1. The summed E-state index contributed by atoms with van der Waals surface area (Å²) in [5, 5.41) is 9.72. The van der Waals surface area contributed by atoms with Crippen LogP contribution in [0.15, 0.2) is 24.3 Å². The SMILES string of the molecule is O=C(O)N1CCC[C@]2(CCN(c3ccccc3Cl)C2=O)C1. The molecule has 0 radical (unpaired) electrons. The molecule has 1 aromatic rings. The molecule has 2 aliphatic heterocycles. The van der Waals surface area contributed by atoms with Crippen LogP contribution in [0.2, 0.25) is 5.02 Å². The third-order valence-electron chi connectivity index (χ3n) is 4.50. The summed E-state index contributed by atoms with van der Waals surface area (Å²) in [5.74, 6) is 0.00144. The van der Waals surface area contributed by atoms with Gasteiger partial charge in [0.15, 0.2) is 0 Å². The number of carbonyl (C=O) groups excluding carboxylic acids is 1. The number of amides is 2. The van der Waals surface area contributed by atoms with Crippen LogP contribution in [0.25, 0.3) is 0 Å². The molecule has 0 bridgehead atoms. The standard InChI is InChI=1S/C15H17ClN2O3/c16-11-4-1-2-5-12(11)18-9-7-15(13(18)19)6-3-8-17(10-15)14(20)21/h1-2,4-5H,3,6-10H2,(H,20,21)/t15-/m0/s1. The molecule has 1 N–H and O–H groups in total. The molecule has 112 valence electrons. The Kier molecular flexibility index (Phi) is 3.53. The van der Waals surface area contributed by atoms with Gasteiger partial charge in [-0.05, 0) is 31.4 Å². The van der Waals surface area contributed by atoms with E-state index >= 15 is 0 Å². The lowest BCUT2D eigenvalue weighted by molar-refractivity contribution is -0.127. The van der Waals surface area contributed by atoms with Crippen LogP contribution in [0.1, 0.15) is 19.3 Å². The highest BCUT2D eigenvalue weighted by atomic mass is 35.5. The zero-order valence-electron chi connectivity index (χ0n) is 11.6. The Labute approximate surface area is 128 Å². The van der Waals surface area contributed by atoms with Gasteiger partial charge in [0.25, 0.3) is 0 Å². The van der Waals surface area contributed by atoms with Crippen molar-refractivity contribution in [3.8, 4) is 0 Å². The highest BCUT2D eigenvalue weighted by Gasteiger charge is 2.50. The molecule has 21 heavy (non-hydrogen) atoms. The van der Waals surface area contributed by atoms with Crippen molar-refractivity contribution in [3.63, 3.8) is 0 Å². The minimum Gasteiger partial charge on any atom is -0.465 e. The number of piperidine rings is 1. The largest absolute Gasteiger partial charge is 0.465 e. The minimum atomic E-state index is -0.946. The van der Waals surface area contributed by atoms with Crippen LogP contribution in [0, 0.1) is 5.41 Å². The van der Waals surface area contributed by atoms with Gasteiger partial charge in [0, 0.05) is 19.6 Å². The van der Waals surface area contributed by atoms with Gasteiger partial charge in [-0.2, -0.15) is 0 Å². The topological polar surface area (TPSA) is 60.9 Å². The van der Waals surface area contributed by atoms with Gasteiger partial charge in [-0.3, -0.25) is 4.79 Å². The molecule has 1 spiro atoms.